The monoisotopic (exact) mass is 246 g/mol. The van der Waals surface area contributed by atoms with Gasteiger partial charge in [-0.3, -0.25) is 0 Å². The lowest BCUT2D eigenvalue weighted by atomic mass is 10.0. The molecule has 0 aliphatic heterocycles. The van der Waals surface area contributed by atoms with Gasteiger partial charge in [-0.25, -0.2) is 0 Å². The molecular weight excluding hydrogens is 229 g/mol. The summed E-state index contributed by atoms with van der Waals surface area (Å²) < 4.78 is 36.0. The highest BCUT2D eigenvalue weighted by Crippen LogP contribution is 2.18. The van der Waals surface area contributed by atoms with Gasteiger partial charge in [0.25, 0.3) is 0 Å². The van der Waals surface area contributed by atoms with Crippen molar-refractivity contribution in [1.29, 1.82) is 0 Å². The lowest BCUT2D eigenvalue weighted by Gasteiger charge is -2.17. The summed E-state index contributed by atoms with van der Waals surface area (Å²) in [5, 5.41) is 2.45. The number of alkyl halides is 3. The van der Waals surface area contributed by atoms with Gasteiger partial charge in [0.1, 0.15) is 0 Å². The van der Waals surface area contributed by atoms with Gasteiger partial charge >= 0.3 is 6.18 Å². The largest absolute Gasteiger partial charge is 0.401 e. The average molecular weight is 246 g/mol. The van der Waals surface area contributed by atoms with E-state index in [1.54, 1.807) is 13.0 Å². The lowest BCUT2D eigenvalue weighted by Crippen LogP contribution is -2.36. The quantitative estimate of drug-likeness (QED) is 0.801. The molecule has 17 heavy (non-hydrogen) atoms. The molecule has 96 valence electrons. The van der Waals surface area contributed by atoms with Crippen LogP contribution in [0.4, 0.5) is 18.9 Å². The molecule has 3 N–H and O–H groups in total. The molecule has 0 bridgehead atoms. The van der Waals surface area contributed by atoms with Gasteiger partial charge in [-0.15, -0.1) is 0 Å². The van der Waals surface area contributed by atoms with E-state index in [9.17, 15) is 13.2 Å². The Kier molecular flexibility index (Phi) is 4.40. The second kappa shape index (κ2) is 5.40. The fourth-order valence-electron chi connectivity index (χ4n) is 1.62. The van der Waals surface area contributed by atoms with Crippen molar-refractivity contribution in [1.82, 2.24) is 5.32 Å². The number of halogens is 3. The van der Waals surface area contributed by atoms with E-state index < -0.39 is 12.7 Å². The van der Waals surface area contributed by atoms with Gasteiger partial charge < -0.3 is 11.1 Å². The van der Waals surface area contributed by atoms with Gasteiger partial charge in [-0.1, -0.05) is 12.1 Å². The summed E-state index contributed by atoms with van der Waals surface area (Å²) in [5.41, 5.74) is 8.33. The SMILES string of the molecule is Cc1c(N)cccc1C[C@@H](C)NCC(F)(F)F. The zero-order valence-electron chi connectivity index (χ0n) is 9.93. The number of nitrogens with two attached hydrogens (primary N) is 1. The van der Waals surface area contributed by atoms with Gasteiger partial charge in [-0.05, 0) is 37.5 Å². The molecule has 0 saturated heterocycles. The fourth-order valence-corrected chi connectivity index (χ4v) is 1.62. The molecular formula is C12H17F3N2. The Labute approximate surface area is 99.0 Å². The topological polar surface area (TPSA) is 38.0 Å². The zero-order valence-corrected chi connectivity index (χ0v) is 9.93. The van der Waals surface area contributed by atoms with Crippen LogP contribution in [-0.2, 0) is 6.42 Å². The first-order valence-electron chi connectivity index (χ1n) is 5.43. The van der Waals surface area contributed by atoms with Crippen LogP contribution < -0.4 is 11.1 Å². The highest BCUT2D eigenvalue weighted by atomic mass is 19.4. The third kappa shape index (κ3) is 4.65. The van der Waals surface area contributed by atoms with Crippen molar-refractivity contribution in [3.8, 4) is 0 Å². The molecule has 1 atom stereocenters. The molecule has 5 heteroatoms. The van der Waals surface area contributed by atoms with Crippen LogP contribution in [0.15, 0.2) is 18.2 Å². The number of hydrogen-bond acceptors (Lipinski definition) is 2. The van der Waals surface area contributed by atoms with Crippen LogP contribution in [0.25, 0.3) is 0 Å². The van der Waals surface area contributed by atoms with E-state index in [0.717, 1.165) is 11.1 Å². The molecule has 1 aromatic rings. The maximum atomic E-state index is 12.0. The molecule has 0 radical (unpaired) electrons. The Bertz CT molecular complexity index is 375. The van der Waals surface area contributed by atoms with E-state index in [4.69, 9.17) is 5.73 Å². The summed E-state index contributed by atoms with van der Waals surface area (Å²) in [4.78, 5) is 0. The molecule has 0 aliphatic carbocycles. The van der Waals surface area contributed by atoms with E-state index >= 15 is 0 Å². The van der Waals surface area contributed by atoms with Gasteiger partial charge in [0, 0.05) is 11.7 Å². The van der Waals surface area contributed by atoms with Crippen molar-refractivity contribution in [2.45, 2.75) is 32.5 Å². The standard InChI is InChI=1S/C12H17F3N2/c1-8(17-7-12(13,14)15)6-10-4-3-5-11(16)9(10)2/h3-5,8,17H,6-7,16H2,1-2H3/t8-/m1/s1. The highest BCUT2D eigenvalue weighted by Gasteiger charge is 2.27. The minimum absolute atomic E-state index is 0.239. The number of hydrogen-bond donors (Lipinski definition) is 2. The number of rotatable bonds is 4. The van der Waals surface area contributed by atoms with E-state index in [0.29, 0.717) is 12.1 Å². The maximum absolute atomic E-state index is 12.0. The lowest BCUT2D eigenvalue weighted by molar-refractivity contribution is -0.126. The Hall–Kier alpha value is -1.23. The van der Waals surface area contributed by atoms with Crippen molar-refractivity contribution < 1.29 is 13.2 Å². The maximum Gasteiger partial charge on any atom is 0.401 e. The number of nitrogens with one attached hydrogen (secondary N) is 1. The van der Waals surface area contributed by atoms with Crippen LogP contribution in [0.3, 0.4) is 0 Å². The van der Waals surface area contributed by atoms with Crippen LogP contribution in [0.1, 0.15) is 18.1 Å². The minimum atomic E-state index is -4.17. The fraction of sp³-hybridized carbons (Fsp3) is 0.500. The summed E-state index contributed by atoms with van der Waals surface area (Å²) in [6, 6.07) is 5.25. The number of benzene rings is 1. The second-order valence-electron chi connectivity index (χ2n) is 4.23. The van der Waals surface area contributed by atoms with Crippen molar-refractivity contribution >= 4 is 5.69 Å². The molecule has 0 amide bonds. The molecule has 0 spiro atoms. The molecule has 0 saturated carbocycles. The van der Waals surface area contributed by atoms with E-state index in [2.05, 4.69) is 5.32 Å². The third-order valence-corrected chi connectivity index (χ3v) is 2.66. The Balaban J connectivity index is 2.56. The minimum Gasteiger partial charge on any atom is -0.399 e. The van der Waals surface area contributed by atoms with E-state index in [1.165, 1.54) is 0 Å². The van der Waals surface area contributed by atoms with Crippen LogP contribution in [0, 0.1) is 6.92 Å². The Morgan fingerprint density at radius 2 is 2.00 bits per heavy atom. The van der Waals surface area contributed by atoms with Crippen molar-refractivity contribution in [2.75, 3.05) is 12.3 Å². The molecule has 1 aromatic carbocycles. The highest BCUT2D eigenvalue weighted by molar-refractivity contribution is 5.50. The van der Waals surface area contributed by atoms with Crippen LogP contribution >= 0.6 is 0 Å². The predicted molar refractivity (Wildman–Crippen MR) is 62.8 cm³/mol. The van der Waals surface area contributed by atoms with Gasteiger partial charge in [-0.2, -0.15) is 13.2 Å². The van der Waals surface area contributed by atoms with Crippen molar-refractivity contribution in [2.24, 2.45) is 0 Å². The van der Waals surface area contributed by atoms with Crippen molar-refractivity contribution in [3.05, 3.63) is 29.3 Å². The molecule has 1 rings (SSSR count). The smallest absolute Gasteiger partial charge is 0.399 e. The molecule has 0 aromatic heterocycles. The zero-order chi connectivity index (χ0) is 13.1. The molecule has 0 unspecified atom stereocenters. The Morgan fingerprint density at radius 3 is 2.59 bits per heavy atom. The van der Waals surface area contributed by atoms with Crippen LogP contribution in [0.2, 0.25) is 0 Å². The van der Waals surface area contributed by atoms with Crippen LogP contribution in [-0.4, -0.2) is 18.8 Å². The first-order valence-corrected chi connectivity index (χ1v) is 5.43. The average Bonchev–Trinajstić information content (AvgIpc) is 2.21. The van der Waals surface area contributed by atoms with E-state index in [1.807, 2.05) is 19.1 Å². The molecule has 0 heterocycles. The molecule has 2 nitrogen and oxygen atoms in total. The summed E-state index contributed by atoms with van der Waals surface area (Å²) in [6.45, 7) is 2.64. The van der Waals surface area contributed by atoms with E-state index in [-0.39, 0.29) is 6.04 Å². The first-order chi connectivity index (χ1) is 7.79. The number of anilines is 1. The second-order valence-corrected chi connectivity index (χ2v) is 4.23. The van der Waals surface area contributed by atoms with Gasteiger partial charge in [0.05, 0.1) is 6.54 Å². The summed E-state index contributed by atoms with van der Waals surface area (Å²) in [5.74, 6) is 0. The summed E-state index contributed by atoms with van der Waals surface area (Å²) in [6.07, 6.45) is -3.63. The molecule has 0 aliphatic rings. The Morgan fingerprint density at radius 1 is 1.35 bits per heavy atom. The third-order valence-electron chi connectivity index (χ3n) is 2.66. The van der Waals surface area contributed by atoms with Crippen molar-refractivity contribution in [3.63, 3.8) is 0 Å². The van der Waals surface area contributed by atoms with Gasteiger partial charge in [0.2, 0.25) is 0 Å². The molecule has 0 fully saturated rings. The first kappa shape index (κ1) is 13.8. The number of nitrogen functional groups attached to an aromatic ring is 1. The predicted octanol–water partition coefficient (Wildman–Crippen LogP) is 2.66. The summed E-state index contributed by atoms with van der Waals surface area (Å²) in [7, 11) is 0. The normalized spacial score (nSPS) is 13.7. The van der Waals surface area contributed by atoms with Crippen LogP contribution in [0.5, 0.6) is 0 Å². The van der Waals surface area contributed by atoms with Gasteiger partial charge in [0.15, 0.2) is 0 Å². The summed E-state index contributed by atoms with van der Waals surface area (Å²) >= 11 is 0.